The first-order chi connectivity index (χ1) is 22.0. The largest absolute Gasteiger partial charge is 0.490 e. The average molecular weight is 702 g/mol. The molecule has 2 N–H and O–H groups in total. The van der Waals surface area contributed by atoms with E-state index >= 15 is 0 Å². The Morgan fingerprint density at radius 1 is 1.00 bits per heavy atom. The molecule has 12 nitrogen and oxygen atoms in total. The van der Waals surface area contributed by atoms with E-state index in [1.165, 1.54) is 30.3 Å². The van der Waals surface area contributed by atoms with Crippen molar-refractivity contribution in [1.29, 1.82) is 0 Å². The number of non-ortho nitro benzene ring substituents is 1. The SMILES string of the molecule is CCOc1cc(C2c3sc(=O)[nH]c3SC3C(=O)N(c4ccc([N+](=O)[O-])cc4)C(=O)C32)ccc1OCC(=O)Nc1ccc(Cl)c(Cl)c1. The lowest BCUT2D eigenvalue weighted by Gasteiger charge is -2.30. The van der Waals surface area contributed by atoms with Gasteiger partial charge in [0.1, 0.15) is 5.25 Å². The summed E-state index contributed by atoms with van der Waals surface area (Å²) >= 11 is 14.0. The van der Waals surface area contributed by atoms with Crippen LogP contribution in [0.1, 0.15) is 23.3 Å². The third-order valence-corrected chi connectivity index (χ3v) is 10.5. The summed E-state index contributed by atoms with van der Waals surface area (Å²) in [6.45, 7) is 1.68. The van der Waals surface area contributed by atoms with Gasteiger partial charge < -0.3 is 19.8 Å². The van der Waals surface area contributed by atoms with Crippen LogP contribution in [0, 0.1) is 16.0 Å². The van der Waals surface area contributed by atoms with Crippen molar-refractivity contribution in [3.05, 3.63) is 101 Å². The van der Waals surface area contributed by atoms with Crippen LogP contribution in [0.4, 0.5) is 17.1 Å². The van der Waals surface area contributed by atoms with Gasteiger partial charge in [0, 0.05) is 28.6 Å². The molecule has 0 spiro atoms. The molecule has 3 heterocycles. The second-order valence-electron chi connectivity index (χ2n) is 10.1. The Labute approximate surface area is 278 Å². The summed E-state index contributed by atoms with van der Waals surface area (Å²) in [5, 5.41) is 14.1. The number of aromatic amines is 1. The zero-order chi connectivity index (χ0) is 32.7. The third kappa shape index (κ3) is 5.96. The van der Waals surface area contributed by atoms with E-state index in [0.29, 0.717) is 31.9 Å². The Bertz CT molecular complexity index is 1950. The zero-order valence-corrected chi connectivity index (χ0v) is 26.8. The van der Waals surface area contributed by atoms with E-state index in [0.717, 1.165) is 28.0 Å². The molecule has 2 aliphatic rings. The van der Waals surface area contributed by atoms with Gasteiger partial charge in [0.25, 0.3) is 11.6 Å². The van der Waals surface area contributed by atoms with Crippen LogP contribution in [-0.4, -0.2) is 46.1 Å². The van der Waals surface area contributed by atoms with E-state index in [4.69, 9.17) is 32.7 Å². The van der Waals surface area contributed by atoms with Crippen LogP contribution in [0.25, 0.3) is 0 Å². The maximum absolute atomic E-state index is 14.0. The van der Waals surface area contributed by atoms with Crippen molar-refractivity contribution in [2.45, 2.75) is 23.1 Å². The fourth-order valence-electron chi connectivity index (χ4n) is 5.37. The summed E-state index contributed by atoms with van der Waals surface area (Å²) in [4.78, 5) is 67.4. The van der Waals surface area contributed by atoms with E-state index in [9.17, 15) is 29.3 Å². The number of anilines is 2. The molecule has 0 saturated carbocycles. The number of fused-ring (bicyclic) bond motifs is 2. The molecule has 1 aromatic heterocycles. The molecular weight excluding hydrogens is 679 g/mol. The first kappa shape index (κ1) is 31.6. The highest BCUT2D eigenvalue weighted by molar-refractivity contribution is 8.00. The first-order valence-corrected chi connectivity index (χ1v) is 16.2. The smallest absolute Gasteiger partial charge is 0.305 e. The topological polar surface area (TPSA) is 161 Å². The van der Waals surface area contributed by atoms with Crippen molar-refractivity contribution in [2.75, 3.05) is 23.4 Å². The molecule has 46 heavy (non-hydrogen) atoms. The number of amides is 3. The van der Waals surface area contributed by atoms with Crippen LogP contribution in [0.5, 0.6) is 11.5 Å². The number of nitrogens with zero attached hydrogens (tertiary/aromatic N) is 2. The lowest BCUT2D eigenvalue weighted by atomic mass is 9.83. The normalized spacial score (nSPS) is 18.6. The molecule has 2 aliphatic heterocycles. The Morgan fingerprint density at radius 3 is 2.46 bits per heavy atom. The second-order valence-corrected chi connectivity index (χ2v) is 13.1. The van der Waals surface area contributed by atoms with Gasteiger partial charge in [-0.15, -0.1) is 0 Å². The number of nitro benzene ring substituents is 1. The predicted molar refractivity (Wildman–Crippen MR) is 174 cm³/mol. The Balaban J connectivity index is 1.30. The van der Waals surface area contributed by atoms with Gasteiger partial charge >= 0.3 is 4.87 Å². The van der Waals surface area contributed by atoms with Gasteiger partial charge in [-0.25, -0.2) is 4.90 Å². The molecule has 16 heteroatoms. The number of aromatic nitrogens is 1. The highest BCUT2D eigenvalue weighted by Crippen LogP contribution is 2.54. The number of hydrogen-bond acceptors (Lipinski definition) is 10. The molecule has 6 rings (SSSR count). The standard InChI is InChI=1S/C30H22Cl2N4O8S2/c1-2-43-21-11-14(3-10-20(21)44-13-22(37)33-15-4-9-18(31)19(32)12-15)23-24-26(45-27-25(23)46-30(40)34-27)29(39)35(28(24)38)16-5-7-17(8-6-16)36(41)42/h3-12,23-24,26H,2,13H2,1H3,(H,33,37)(H,34,40). The molecule has 0 aliphatic carbocycles. The van der Waals surface area contributed by atoms with Gasteiger partial charge in [0.15, 0.2) is 18.1 Å². The fraction of sp³-hybridized carbons (Fsp3) is 0.200. The lowest BCUT2D eigenvalue weighted by Crippen LogP contribution is -2.32. The van der Waals surface area contributed by atoms with Crippen molar-refractivity contribution >= 4 is 81.1 Å². The second kappa shape index (κ2) is 12.8. The van der Waals surface area contributed by atoms with Crippen molar-refractivity contribution in [3.8, 4) is 11.5 Å². The third-order valence-electron chi connectivity index (χ3n) is 7.33. The molecule has 4 aromatic rings. The van der Waals surface area contributed by atoms with Crippen LogP contribution in [0.3, 0.4) is 0 Å². The van der Waals surface area contributed by atoms with Gasteiger partial charge in [-0.3, -0.25) is 29.3 Å². The number of rotatable bonds is 9. The number of nitro groups is 1. The summed E-state index contributed by atoms with van der Waals surface area (Å²) in [5.74, 6) is -2.47. The van der Waals surface area contributed by atoms with Gasteiger partial charge in [-0.1, -0.05) is 52.4 Å². The summed E-state index contributed by atoms with van der Waals surface area (Å²) < 4.78 is 11.6. The number of halogens is 2. The lowest BCUT2D eigenvalue weighted by molar-refractivity contribution is -0.384. The van der Waals surface area contributed by atoms with E-state index in [2.05, 4.69) is 10.3 Å². The number of ether oxygens (including phenoxy) is 2. The summed E-state index contributed by atoms with van der Waals surface area (Å²) in [6, 6.07) is 14.8. The van der Waals surface area contributed by atoms with Gasteiger partial charge in [-0.05, 0) is 55.0 Å². The molecule has 3 unspecified atom stereocenters. The van der Waals surface area contributed by atoms with Crippen LogP contribution in [0.15, 0.2) is 70.5 Å². The van der Waals surface area contributed by atoms with Crippen LogP contribution in [-0.2, 0) is 14.4 Å². The molecular formula is C30H22Cl2N4O8S2. The van der Waals surface area contributed by atoms with Crippen molar-refractivity contribution < 1.29 is 28.8 Å². The van der Waals surface area contributed by atoms with Crippen molar-refractivity contribution in [1.82, 2.24) is 4.98 Å². The Morgan fingerprint density at radius 2 is 1.76 bits per heavy atom. The maximum Gasteiger partial charge on any atom is 0.305 e. The quantitative estimate of drug-likeness (QED) is 0.124. The minimum absolute atomic E-state index is 0.176. The summed E-state index contributed by atoms with van der Waals surface area (Å²) in [5.41, 5.74) is 1.07. The number of carbonyl (C=O) groups excluding carboxylic acids is 3. The Hall–Kier alpha value is -4.37. The van der Waals surface area contributed by atoms with Crippen molar-refractivity contribution in [3.63, 3.8) is 0 Å². The Kier molecular flexibility index (Phi) is 8.79. The molecule has 0 radical (unpaired) electrons. The van der Waals surface area contributed by atoms with Crippen LogP contribution >= 0.6 is 46.3 Å². The van der Waals surface area contributed by atoms with Gasteiger partial charge in [0.05, 0.1) is 38.2 Å². The maximum atomic E-state index is 14.0. The molecule has 1 saturated heterocycles. The fourth-order valence-corrected chi connectivity index (χ4v) is 8.19. The van der Waals surface area contributed by atoms with E-state index in [1.54, 1.807) is 37.3 Å². The minimum atomic E-state index is -0.884. The monoisotopic (exact) mass is 700 g/mol. The van der Waals surface area contributed by atoms with Crippen LogP contribution < -0.4 is 24.6 Å². The number of hydrogen-bond donors (Lipinski definition) is 2. The van der Waals surface area contributed by atoms with Gasteiger partial charge in [0.2, 0.25) is 11.8 Å². The van der Waals surface area contributed by atoms with E-state index in [-0.39, 0.29) is 40.2 Å². The van der Waals surface area contributed by atoms with E-state index < -0.39 is 39.7 Å². The number of imide groups is 1. The van der Waals surface area contributed by atoms with E-state index in [1.807, 2.05) is 0 Å². The number of thiazole rings is 1. The number of thioether (sulfide) groups is 1. The predicted octanol–water partition coefficient (Wildman–Crippen LogP) is 5.86. The zero-order valence-electron chi connectivity index (χ0n) is 23.7. The molecule has 0 bridgehead atoms. The molecule has 3 atom stereocenters. The number of benzene rings is 3. The summed E-state index contributed by atoms with van der Waals surface area (Å²) in [6.07, 6.45) is 0. The molecule has 1 fully saturated rings. The minimum Gasteiger partial charge on any atom is -0.490 e. The number of carbonyl (C=O) groups is 3. The molecule has 236 valence electrons. The summed E-state index contributed by atoms with van der Waals surface area (Å²) in [7, 11) is 0. The first-order valence-electron chi connectivity index (χ1n) is 13.7. The molecule has 3 amide bonds. The highest BCUT2D eigenvalue weighted by Gasteiger charge is 2.56. The van der Waals surface area contributed by atoms with Crippen LogP contribution in [0.2, 0.25) is 10.0 Å². The average Bonchev–Trinajstić information content (AvgIpc) is 3.52. The number of H-pyrrole nitrogens is 1. The molecule has 3 aromatic carbocycles. The number of nitrogens with one attached hydrogen (secondary N) is 2. The highest BCUT2D eigenvalue weighted by atomic mass is 35.5. The van der Waals surface area contributed by atoms with Crippen molar-refractivity contribution in [2.24, 2.45) is 5.92 Å². The van der Waals surface area contributed by atoms with Gasteiger partial charge in [-0.2, -0.15) is 0 Å².